The van der Waals surface area contributed by atoms with Gasteiger partial charge in [-0.15, -0.1) is 0 Å². The minimum Gasteiger partial charge on any atom is -0.508 e. The molecule has 0 bridgehead atoms. The van der Waals surface area contributed by atoms with Crippen LogP contribution in [0.1, 0.15) is 10.4 Å². The molecule has 0 spiro atoms. The lowest BCUT2D eigenvalue weighted by atomic mass is 10.2. The highest BCUT2D eigenvalue weighted by atomic mass is 19.1. The molecule has 6 heteroatoms. The number of anilines is 1. The Morgan fingerprint density at radius 3 is 2.72 bits per heavy atom. The van der Waals surface area contributed by atoms with Gasteiger partial charge in [0, 0.05) is 12.3 Å². The molecule has 0 radical (unpaired) electrons. The zero-order chi connectivity index (χ0) is 13.1. The van der Waals surface area contributed by atoms with Crippen LogP contribution in [0.25, 0.3) is 0 Å². The fourth-order valence-corrected chi connectivity index (χ4v) is 1.37. The summed E-state index contributed by atoms with van der Waals surface area (Å²) in [5.74, 6) is -2.06. The number of aromatic nitrogens is 1. The fourth-order valence-electron chi connectivity index (χ4n) is 1.37. The van der Waals surface area contributed by atoms with Crippen molar-refractivity contribution >= 4 is 11.6 Å². The number of hydrogen-bond donors (Lipinski definition) is 3. The summed E-state index contributed by atoms with van der Waals surface area (Å²) in [5, 5.41) is 20.8. The van der Waals surface area contributed by atoms with Gasteiger partial charge in [0.2, 0.25) is 0 Å². The molecule has 0 saturated heterocycles. The number of carbonyl (C=O) groups is 1. The Kier molecular flexibility index (Phi) is 3.09. The first kappa shape index (κ1) is 11.8. The molecule has 1 heterocycles. The molecule has 3 N–H and O–H groups in total. The van der Waals surface area contributed by atoms with Crippen LogP contribution < -0.4 is 5.32 Å². The summed E-state index contributed by atoms with van der Waals surface area (Å²) in [6.07, 6.45) is 2.53. The number of nitrogens with zero attached hydrogens (tertiary/aromatic N) is 1. The van der Waals surface area contributed by atoms with E-state index in [0.29, 0.717) is 0 Å². The molecule has 0 unspecified atom stereocenters. The van der Waals surface area contributed by atoms with Gasteiger partial charge in [0.15, 0.2) is 5.75 Å². The van der Waals surface area contributed by atoms with Gasteiger partial charge in [-0.3, -0.25) is 9.78 Å². The Morgan fingerprint density at radius 2 is 2.06 bits per heavy atom. The lowest BCUT2D eigenvalue weighted by Crippen LogP contribution is -2.13. The molecule has 0 aliphatic rings. The number of hydrogen-bond acceptors (Lipinski definition) is 4. The topological polar surface area (TPSA) is 82.5 Å². The summed E-state index contributed by atoms with van der Waals surface area (Å²) >= 11 is 0. The Bertz CT molecular complexity index is 602. The number of aromatic hydroxyl groups is 2. The molecule has 0 saturated carbocycles. The van der Waals surface area contributed by atoms with Crippen LogP contribution in [0.3, 0.4) is 0 Å². The SMILES string of the molecule is O=C(Nc1ccncc1O)c1ccc(O)cc1F. The lowest BCUT2D eigenvalue weighted by molar-refractivity contribution is 0.102. The normalized spacial score (nSPS) is 10.1. The Balaban J connectivity index is 2.25. The van der Waals surface area contributed by atoms with Crippen molar-refractivity contribution in [1.29, 1.82) is 0 Å². The molecular weight excluding hydrogens is 239 g/mol. The van der Waals surface area contributed by atoms with E-state index in [2.05, 4.69) is 10.3 Å². The molecular formula is C12H9FN2O3. The minimum absolute atomic E-state index is 0.127. The van der Waals surface area contributed by atoms with Crippen LogP contribution in [0.2, 0.25) is 0 Å². The third kappa shape index (κ3) is 2.37. The maximum atomic E-state index is 13.4. The van der Waals surface area contributed by atoms with Crippen LogP contribution in [0.15, 0.2) is 36.7 Å². The van der Waals surface area contributed by atoms with E-state index in [4.69, 9.17) is 5.11 Å². The van der Waals surface area contributed by atoms with E-state index in [1.54, 1.807) is 0 Å². The van der Waals surface area contributed by atoms with Crippen molar-refractivity contribution in [3.8, 4) is 11.5 Å². The summed E-state index contributed by atoms with van der Waals surface area (Å²) in [5.41, 5.74) is -0.105. The molecule has 0 aliphatic heterocycles. The average molecular weight is 248 g/mol. The highest BCUT2D eigenvalue weighted by Gasteiger charge is 2.13. The first-order valence-electron chi connectivity index (χ1n) is 5.01. The molecule has 0 fully saturated rings. The van der Waals surface area contributed by atoms with Gasteiger partial charge >= 0.3 is 0 Å². The number of phenols is 1. The van der Waals surface area contributed by atoms with E-state index in [-0.39, 0.29) is 22.7 Å². The van der Waals surface area contributed by atoms with E-state index in [1.807, 2.05) is 0 Å². The van der Waals surface area contributed by atoms with Crippen molar-refractivity contribution in [2.45, 2.75) is 0 Å². The predicted molar refractivity (Wildman–Crippen MR) is 61.9 cm³/mol. The Labute approximate surface area is 102 Å². The van der Waals surface area contributed by atoms with Gasteiger partial charge in [-0.25, -0.2) is 4.39 Å². The van der Waals surface area contributed by atoms with Crippen molar-refractivity contribution in [3.05, 3.63) is 48.0 Å². The van der Waals surface area contributed by atoms with Gasteiger partial charge in [0.1, 0.15) is 11.6 Å². The number of phenolic OH excluding ortho intramolecular Hbond substituents is 1. The first-order chi connectivity index (χ1) is 8.58. The number of halogens is 1. The molecule has 18 heavy (non-hydrogen) atoms. The summed E-state index contributed by atoms with van der Waals surface area (Å²) in [6.45, 7) is 0. The molecule has 1 aromatic carbocycles. The lowest BCUT2D eigenvalue weighted by Gasteiger charge is -2.07. The Hall–Kier alpha value is -2.63. The van der Waals surface area contributed by atoms with Gasteiger partial charge in [-0.1, -0.05) is 0 Å². The van der Waals surface area contributed by atoms with Crippen LogP contribution in [-0.2, 0) is 0 Å². The van der Waals surface area contributed by atoms with Crippen molar-refractivity contribution in [3.63, 3.8) is 0 Å². The summed E-state index contributed by atoms with van der Waals surface area (Å²) in [4.78, 5) is 15.4. The van der Waals surface area contributed by atoms with E-state index < -0.39 is 11.7 Å². The largest absolute Gasteiger partial charge is 0.508 e. The number of nitrogens with one attached hydrogen (secondary N) is 1. The number of rotatable bonds is 2. The van der Waals surface area contributed by atoms with Crippen LogP contribution >= 0.6 is 0 Å². The summed E-state index contributed by atoms with van der Waals surface area (Å²) < 4.78 is 13.4. The van der Waals surface area contributed by atoms with E-state index >= 15 is 0 Å². The van der Waals surface area contributed by atoms with Gasteiger partial charge in [-0.2, -0.15) is 0 Å². The zero-order valence-electron chi connectivity index (χ0n) is 9.09. The maximum Gasteiger partial charge on any atom is 0.258 e. The van der Waals surface area contributed by atoms with Crippen molar-refractivity contribution in [2.75, 3.05) is 5.32 Å². The molecule has 2 rings (SSSR count). The second-order valence-corrected chi connectivity index (χ2v) is 3.51. The van der Waals surface area contributed by atoms with Gasteiger partial charge in [0.25, 0.3) is 5.91 Å². The third-order valence-corrected chi connectivity index (χ3v) is 2.25. The molecule has 92 valence electrons. The average Bonchev–Trinajstić information content (AvgIpc) is 2.32. The van der Waals surface area contributed by atoms with Crippen molar-refractivity contribution < 1.29 is 19.4 Å². The van der Waals surface area contributed by atoms with Crippen molar-refractivity contribution in [2.24, 2.45) is 0 Å². The van der Waals surface area contributed by atoms with Crippen LogP contribution in [0.4, 0.5) is 10.1 Å². The second kappa shape index (κ2) is 4.70. The van der Waals surface area contributed by atoms with E-state index in [0.717, 1.165) is 18.3 Å². The van der Waals surface area contributed by atoms with Gasteiger partial charge in [-0.05, 0) is 18.2 Å². The molecule has 2 aromatic rings. The van der Waals surface area contributed by atoms with E-state index in [1.165, 1.54) is 18.3 Å². The number of amides is 1. The van der Waals surface area contributed by atoms with Gasteiger partial charge < -0.3 is 15.5 Å². The zero-order valence-corrected chi connectivity index (χ0v) is 9.09. The summed E-state index contributed by atoms with van der Waals surface area (Å²) in [6, 6.07) is 4.56. The smallest absolute Gasteiger partial charge is 0.258 e. The highest BCUT2D eigenvalue weighted by molar-refractivity contribution is 6.05. The monoisotopic (exact) mass is 248 g/mol. The van der Waals surface area contributed by atoms with Crippen LogP contribution in [0.5, 0.6) is 11.5 Å². The number of benzene rings is 1. The molecule has 0 atom stereocenters. The molecule has 1 aromatic heterocycles. The molecule has 0 aliphatic carbocycles. The second-order valence-electron chi connectivity index (χ2n) is 3.51. The van der Waals surface area contributed by atoms with Crippen LogP contribution in [0, 0.1) is 5.82 Å². The quantitative estimate of drug-likeness (QED) is 0.757. The number of pyridine rings is 1. The first-order valence-corrected chi connectivity index (χ1v) is 5.01. The van der Waals surface area contributed by atoms with Gasteiger partial charge in [0.05, 0.1) is 17.4 Å². The molecule has 5 nitrogen and oxygen atoms in total. The van der Waals surface area contributed by atoms with Crippen molar-refractivity contribution in [1.82, 2.24) is 4.98 Å². The maximum absolute atomic E-state index is 13.4. The molecule has 1 amide bonds. The van der Waals surface area contributed by atoms with E-state index in [9.17, 15) is 14.3 Å². The fraction of sp³-hybridized carbons (Fsp3) is 0. The standard InChI is InChI=1S/C12H9FN2O3/c13-9-5-7(16)1-2-8(9)12(18)15-10-3-4-14-6-11(10)17/h1-6,16-17H,(H,14,15,18). The third-order valence-electron chi connectivity index (χ3n) is 2.25. The minimum atomic E-state index is -0.846. The highest BCUT2D eigenvalue weighted by Crippen LogP contribution is 2.22. The Morgan fingerprint density at radius 1 is 1.28 bits per heavy atom. The number of carbonyl (C=O) groups excluding carboxylic acids is 1. The predicted octanol–water partition coefficient (Wildman–Crippen LogP) is 1.88. The summed E-state index contributed by atoms with van der Waals surface area (Å²) in [7, 11) is 0. The van der Waals surface area contributed by atoms with Crippen LogP contribution in [-0.4, -0.2) is 21.1 Å².